The number of carbonyl (C=O) groups is 2. The molecule has 154 valence electrons. The van der Waals surface area contributed by atoms with E-state index in [2.05, 4.69) is 10.2 Å². The van der Waals surface area contributed by atoms with Crippen LogP contribution in [0.15, 0.2) is 16.8 Å². The van der Waals surface area contributed by atoms with Crippen LogP contribution in [0.25, 0.3) is 0 Å². The Morgan fingerprint density at radius 1 is 1.18 bits per heavy atom. The van der Waals surface area contributed by atoms with Gasteiger partial charge >= 0.3 is 0 Å². The van der Waals surface area contributed by atoms with Crippen LogP contribution in [0, 0.1) is 11.8 Å². The van der Waals surface area contributed by atoms with Crippen LogP contribution in [0.5, 0.6) is 0 Å². The molecule has 2 amide bonds. The second-order valence-electron chi connectivity index (χ2n) is 8.53. The second-order valence-corrected chi connectivity index (χ2v) is 9.31. The minimum absolute atomic E-state index is 0.00786. The van der Waals surface area contributed by atoms with Gasteiger partial charge in [-0.3, -0.25) is 9.59 Å². The van der Waals surface area contributed by atoms with Crippen LogP contribution < -0.4 is 5.32 Å². The molecule has 1 unspecified atom stereocenters. The van der Waals surface area contributed by atoms with Crippen LogP contribution in [0.2, 0.25) is 0 Å². The predicted octanol–water partition coefficient (Wildman–Crippen LogP) is 1.76. The highest BCUT2D eigenvalue weighted by Crippen LogP contribution is 2.31. The molecule has 1 aromatic heterocycles. The number of hydrogen-bond donors (Lipinski definition) is 1. The summed E-state index contributed by atoms with van der Waals surface area (Å²) in [6.45, 7) is 5.62. The molecule has 1 N–H and O–H groups in total. The molecular weight excluding hydrogens is 374 g/mol. The summed E-state index contributed by atoms with van der Waals surface area (Å²) < 4.78 is 5.65. The normalized spacial score (nSPS) is 24.5. The lowest BCUT2D eigenvalue weighted by Gasteiger charge is -2.38. The van der Waals surface area contributed by atoms with Gasteiger partial charge in [0.25, 0.3) is 0 Å². The first kappa shape index (κ1) is 19.9. The first-order chi connectivity index (χ1) is 13.7. The summed E-state index contributed by atoms with van der Waals surface area (Å²) in [6.07, 6.45) is 5.47. The number of hydrogen-bond acceptors (Lipinski definition) is 5. The highest BCUT2D eigenvalue weighted by molar-refractivity contribution is 7.08. The Bertz CT molecular complexity index is 654. The van der Waals surface area contributed by atoms with Gasteiger partial charge in [0.2, 0.25) is 11.8 Å². The molecule has 0 bridgehead atoms. The monoisotopic (exact) mass is 405 g/mol. The van der Waals surface area contributed by atoms with Crippen LogP contribution in [-0.2, 0) is 20.7 Å². The molecule has 3 aliphatic rings. The van der Waals surface area contributed by atoms with Crippen molar-refractivity contribution >= 4 is 23.2 Å². The largest absolute Gasteiger partial charge is 0.365 e. The average Bonchev–Trinajstić information content (AvgIpc) is 3.36. The van der Waals surface area contributed by atoms with E-state index >= 15 is 0 Å². The number of ether oxygens (including phenoxy) is 1. The lowest BCUT2D eigenvalue weighted by molar-refractivity contribution is -0.150. The van der Waals surface area contributed by atoms with E-state index in [1.807, 2.05) is 21.7 Å². The third kappa shape index (κ3) is 5.78. The Morgan fingerprint density at radius 2 is 1.96 bits per heavy atom. The molecule has 4 rings (SSSR count). The number of carbonyl (C=O) groups excluding carboxylic acids is 2. The maximum Gasteiger partial charge on any atom is 0.248 e. The first-order valence-corrected chi connectivity index (χ1v) is 11.5. The molecule has 3 fully saturated rings. The zero-order valence-corrected chi connectivity index (χ0v) is 17.3. The van der Waals surface area contributed by atoms with Gasteiger partial charge < -0.3 is 19.9 Å². The Labute approximate surface area is 171 Å². The van der Waals surface area contributed by atoms with Gasteiger partial charge in [-0.25, -0.2) is 0 Å². The summed E-state index contributed by atoms with van der Waals surface area (Å²) >= 11 is 1.60. The lowest BCUT2D eigenvalue weighted by Crippen LogP contribution is -2.52. The number of nitrogens with one attached hydrogen (secondary N) is 1. The Balaban J connectivity index is 1.18. The van der Waals surface area contributed by atoms with E-state index in [4.69, 9.17) is 4.74 Å². The molecule has 0 spiro atoms. The van der Waals surface area contributed by atoms with Gasteiger partial charge in [-0.2, -0.15) is 11.3 Å². The highest BCUT2D eigenvalue weighted by atomic mass is 32.1. The third-order valence-corrected chi connectivity index (χ3v) is 6.82. The van der Waals surface area contributed by atoms with E-state index in [1.54, 1.807) is 11.3 Å². The SMILES string of the molecule is O=C(Cc1ccsc1)NCC1CN(CC2CCN(CC3CC3)CC2)C(=O)CO1. The fraction of sp³-hybridized carbons (Fsp3) is 0.714. The smallest absolute Gasteiger partial charge is 0.248 e. The Morgan fingerprint density at radius 3 is 2.68 bits per heavy atom. The standard InChI is InChI=1S/C21H31N3O3S/c25-20(9-18-5-8-28-15-18)22-10-19-13-24(21(26)14-27-19)12-17-3-6-23(7-4-17)11-16-1-2-16/h5,8,15-17,19H,1-4,6-7,9-14H2,(H,22,25). The Hall–Kier alpha value is -1.44. The average molecular weight is 406 g/mol. The van der Waals surface area contributed by atoms with Gasteiger partial charge in [-0.15, -0.1) is 0 Å². The van der Waals surface area contributed by atoms with Crippen LogP contribution in [0.1, 0.15) is 31.2 Å². The van der Waals surface area contributed by atoms with Crippen LogP contribution in [0.4, 0.5) is 0 Å². The maximum absolute atomic E-state index is 12.3. The molecule has 1 saturated carbocycles. The molecule has 0 radical (unpaired) electrons. The number of thiophene rings is 1. The molecule has 1 aliphatic carbocycles. The fourth-order valence-corrected chi connectivity index (χ4v) is 4.85. The third-order valence-electron chi connectivity index (χ3n) is 6.09. The van der Waals surface area contributed by atoms with E-state index in [1.165, 1.54) is 45.3 Å². The summed E-state index contributed by atoms with van der Waals surface area (Å²) in [6, 6.07) is 1.97. The topological polar surface area (TPSA) is 61.9 Å². The van der Waals surface area contributed by atoms with Crippen molar-refractivity contribution in [2.24, 2.45) is 11.8 Å². The van der Waals surface area contributed by atoms with Crippen LogP contribution in [-0.4, -0.2) is 73.6 Å². The molecule has 1 aromatic rings. The number of piperidine rings is 1. The van der Waals surface area contributed by atoms with Crippen molar-refractivity contribution in [1.29, 1.82) is 0 Å². The zero-order valence-electron chi connectivity index (χ0n) is 16.5. The lowest BCUT2D eigenvalue weighted by atomic mass is 9.95. The Kier molecular flexibility index (Phi) is 6.65. The van der Waals surface area contributed by atoms with Crippen molar-refractivity contribution in [2.75, 3.05) is 45.9 Å². The van der Waals surface area contributed by atoms with Gasteiger partial charge in [0.15, 0.2) is 0 Å². The molecule has 28 heavy (non-hydrogen) atoms. The van der Waals surface area contributed by atoms with Gasteiger partial charge in [0, 0.05) is 26.2 Å². The van der Waals surface area contributed by atoms with Gasteiger partial charge in [-0.05, 0) is 73.0 Å². The molecular formula is C21H31N3O3S. The summed E-state index contributed by atoms with van der Waals surface area (Å²) in [5.74, 6) is 1.63. The summed E-state index contributed by atoms with van der Waals surface area (Å²) in [5.41, 5.74) is 1.04. The summed E-state index contributed by atoms with van der Waals surface area (Å²) in [5, 5.41) is 6.93. The van der Waals surface area contributed by atoms with E-state index in [0.29, 0.717) is 25.4 Å². The van der Waals surface area contributed by atoms with Gasteiger partial charge in [0.1, 0.15) is 6.61 Å². The van der Waals surface area contributed by atoms with Crippen molar-refractivity contribution in [3.8, 4) is 0 Å². The fourth-order valence-electron chi connectivity index (χ4n) is 4.18. The molecule has 7 heteroatoms. The molecule has 3 heterocycles. The molecule has 2 saturated heterocycles. The number of nitrogens with zero attached hydrogens (tertiary/aromatic N) is 2. The molecule has 2 aliphatic heterocycles. The number of likely N-dealkylation sites (tertiary alicyclic amines) is 1. The first-order valence-electron chi connectivity index (χ1n) is 10.5. The van der Waals surface area contributed by atoms with E-state index in [-0.39, 0.29) is 24.5 Å². The van der Waals surface area contributed by atoms with Crippen molar-refractivity contribution in [3.63, 3.8) is 0 Å². The minimum Gasteiger partial charge on any atom is -0.365 e. The number of rotatable bonds is 8. The molecule has 6 nitrogen and oxygen atoms in total. The minimum atomic E-state index is -0.112. The van der Waals surface area contributed by atoms with Crippen molar-refractivity contribution in [1.82, 2.24) is 15.1 Å². The van der Waals surface area contributed by atoms with E-state index in [0.717, 1.165) is 18.0 Å². The van der Waals surface area contributed by atoms with Crippen LogP contribution in [0.3, 0.4) is 0 Å². The molecule has 1 atom stereocenters. The van der Waals surface area contributed by atoms with Crippen molar-refractivity contribution < 1.29 is 14.3 Å². The zero-order chi connectivity index (χ0) is 19.3. The van der Waals surface area contributed by atoms with E-state index in [9.17, 15) is 9.59 Å². The quantitative estimate of drug-likeness (QED) is 0.716. The van der Waals surface area contributed by atoms with E-state index < -0.39 is 0 Å². The summed E-state index contributed by atoms with van der Waals surface area (Å²) in [4.78, 5) is 28.9. The maximum atomic E-state index is 12.3. The highest BCUT2D eigenvalue weighted by Gasteiger charge is 2.31. The van der Waals surface area contributed by atoms with Crippen molar-refractivity contribution in [3.05, 3.63) is 22.4 Å². The predicted molar refractivity (Wildman–Crippen MR) is 109 cm³/mol. The van der Waals surface area contributed by atoms with Crippen molar-refractivity contribution in [2.45, 2.75) is 38.2 Å². The molecule has 0 aromatic carbocycles. The second kappa shape index (κ2) is 9.37. The number of morpholine rings is 1. The summed E-state index contributed by atoms with van der Waals surface area (Å²) in [7, 11) is 0. The van der Waals surface area contributed by atoms with Crippen LogP contribution >= 0.6 is 11.3 Å². The number of amides is 2. The van der Waals surface area contributed by atoms with Gasteiger partial charge in [-0.1, -0.05) is 0 Å². The van der Waals surface area contributed by atoms with Gasteiger partial charge in [0.05, 0.1) is 12.5 Å².